The molecule has 1 aromatic carbocycles. The summed E-state index contributed by atoms with van der Waals surface area (Å²) in [5.41, 5.74) is 0. The minimum absolute atomic E-state index is 0.800. The van der Waals surface area contributed by atoms with Crippen LogP contribution in [0.2, 0.25) is 0 Å². The van der Waals surface area contributed by atoms with Gasteiger partial charge in [0.05, 0.1) is 9.83 Å². The van der Waals surface area contributed by atoms with E-state index < -0.39 is 9.83 Å². The minimum atomic E-state index is -0.800. The lowest BCUT2D eigenvalue weighted by Crippen LogP contribution is -1.75. The molecule has 0 saturated carbocycles. The number of hydrogen-bond donors (Lipinski definition) is 0. The van der Waals surface area contributed by atoms with E-state index >= 15 is 0 Å². The molecule has 0 spiro atoms. The van der Waals surface area contributed by atoms with E-state index in [1.54, 1.807) is 6.26 Å². The van der Waals surface area contributed by atoms with Crippen LogP contribution < -0.4 is 0 Å². The third kappa shape index (κ3) is 2.54. The van der Waals surface area contributed by atoms with Crippen molar-refractivity contribution in [3.63, 3.8) is 0 Å². The molecule has 3 heteroatoms. The first-order chi connectivity index (χ1) is 4.79. The van der Waals surface area contributed by atoms with Crippen LogP contribution in [0.1, 0.15) is 0 Å². The Morgan fingerprint density at radius 1 is 1.30 bits per heavy atom. The van der Waals surface area contributed by atoms with E-state index in [9.17, 15) is 4.21 Å². The molecule has 0 heterocycles. The van der Waals surface area contributed by atoms with E-state index in [2.05, 4.69) is 0 Å². The first-order valence-corrected chi connectivity index (χ1v) is 5.75. The molecule has 0 saturated heterocycles. The molecule has 1 unspecified atom stereocenters. The smallest absolute Gasteiger partial charge is 0.0821 e. The van der Waals surface area contributed by atoms with Crippen molar-refractivity contribution in [1.29, 1.82) is 0 Å². The molecule has 0 aliphatic heterocycles. The van der Waals surface area contributed by atoms with Crippen LogP contribution in [0.3, 0.4) is 0 Å². The van der Waals surface area contributed by atoms with Gasteiger partial charge in [0.1, 0.15) is 0 Å². The molecule has 1 atom stereocenters. The van der Waals surface area contributed by atoms with Gasteiger partial charge in [-0.15, -0.1) is 0 Å². The van der Waals surface area contributed by atoms with Crippen molar-refractivity contribution in [2.24, 2.45) is 0 Å². The van der Waals surface area contributed by atoms with Crippen LogP contribution in [-0.2, 0) is 9.83 Å². The molecule has 0 bridgehead atoms. The van der Waals surface area contributed by atoms with Crippen molar-refractivity contribution in [3.05, 3.63) is 30.3 Å². The molecule has 54 valence electrons. The van der Waals surface area contributed by atoms with Gasteiger partial charge in [0.15, 0.2) is 0 Å². The molecule has 0 radical (unpaired) electrons. The van der Waals surface area contributed by atoms with E-state index in [0.29, 0.717) is 0 Å². The third-order valence-corrected chi connectivity index (χ3v) is 2.94. The van der Waals surface area contributed by atoms with E-state index in [1.807, 2.05) is 30.3 Å². The Hall–Kier alpha value is -0.280. The summed E-state index contributed by atoms with van der Waals surface area (Å²) in [4.78, 5) is 1.06. The molecule has 0 amide bonds. The highest BCUT2D eigenvalue weighted by Crippen LogP contribution is 2.18. The standard InChI is InChI=1S/C7H8OS2/c1-10(8)9-7-5-3-2-4-6-7/h2-6H,1H3. The van der Waals surface area contributed by atoms with Gasteiger partial charge in [-0.2, -0.15) is 0 Å². The first kappa shape index (κ1) is 7.82. The van der Waals surface area contributed by atoms with E-state index in [0.717, 1.165) is 4.90 Å². The van der Waals surface area contributed by atoms with Crippen molar-refractivity contribution >= 4 is 20.6 Å². The average molecular weight is 172 g/mol. The van der Waals surface area contributed by atoms with Gasteiger partial charge in [-0.05, 0) is 22.9 Å². The Morgan fingerprint density at radius 3 is 2.40 bits per heavy atom. The highest BCUT2D eigenvalue weighted by molar-refractivity contribution is 8.68. The van der Waals surface area contributed by atoms with Crippen LogP contribution in [-0.4, -0.2) is 10.5 Å². The SMILES string of the molecule is CS(=O)Sc1ccccc1. The van der Waals surface area contributed by atoms with Crippen LogP contribution >= 0.6 is 10.8 Å². The lowest BCUT2D eigenvalue weighted by molar-refractivity contribution is 0.695. The van der Waals surface area contributed by atoms with Crippen LogP contribution in [0.5, 0.6) is 0 Å². The fraction of sp³-hybridized carbons (Fsp3) is 0.143. The molecule has 1 nitrogen and oxygen atoms in total. The molecular weight excluding hydrogens is 164 g/mol. The maximum atomic E-state index is 10.7. The van der Waals surface area contributed by atoms with Gasteiger partial charge in [-0.1, -0.05) is 18.2 Å². The molecule has 0 aromatic heterocycles. The van der Waals surface area contributed by atoms with Crippen molar-refractivity contribution in [2.45, 2.75) is 4.90 Å². The Morgan fingerprint density at radius 2 is 1.90 bits per heavy atom. The minimum Gasteiger partial charge on any atom is -0.248 e. The second-order valence-electron chi connectivity index (χ2n) is 1.80. The number of benzene rings is 1. The second kappa shape index (κ2) is 3.78. The Balaban J connectivity index is 2.67. The molecule has 1 rings (SSSR count). The maximum Gasteiger partial charge on any atom is 0.0821 e. The van der Waals surface area contributed by atoms with Gasteiger partial charge in [-0.25, -0.2) is 4.21 Å². The molecule has 1 aromatic rings. The zero-order valence-corrected chi connectivity index (χ0v) is 7.24. The van der Waals surface area contributed by atoms with E-state index in [4.69, 9.17) is 0 Å². The summed E-state index contributed by atoms with van der Waals surface area (Å²) in [6, 6.07) is 9.73. The molecule has 0 aliphatic carbocycles. The normalized spacial score (nSPS) is 12.9. The van der Waals surface area contributed by atoms with Gasteiger partial charge in [-0.3, -0.25) is 0 Å². The highest BCUT2D eigenvalue weighted by atomic mass is 33.1. The zero-order valence-electron chi connectivity index (χ0n) is 5.61. The zero-order chi connectivity index (χ0) is 7.40. The van der Waals surface area contributed by atoms with Gasteiger partial charge in [0, 0.05) is 11.2 Å². The van der Waals surface area contributed by atoms with Gasteiger partial charge in [0.2, 0.25) is 0 Å². The quantitative estimate of drug-likeness (QED) is 0.635. The summed E-state index contributed by atoms with van der Waals surface area (Å²) in [5, 5.41) is 0. The summed E-state index contributed by atoms with van der Waals surface area (Å²) < 4.78 is 10.7. The van der Waals surface area contributed by atoms with Gasteiger partial charge >= 0.3 is 0 Å². The van der Waals surface area contributed by atoms with Crippen LogP contribution in [0, 0.1) is 0 Å². The van der Waals surface area contributed by atoms with Crippen molar-refractivity contribution < 1.29 is 4.21 Å². The van der Waals surface area contributed by atoms with E-state index in [-0.39, 0.29) is 0 Å². The highest BCUT2D eigenvalue weighted by Gasteiger charge is 1.92. The third-order valence-electron chi connectivity index (χ3n) is 0.957. The second-order valence-corrected chi connectivity index (χ2v) is 5.15. The largest absolute Gasteiger partial charge is 0.248 e. The topological polar surface area (TPSA) is 17.1 Å². The first-order valence-electron chi connectivity index (χ1n) is 2.86. The summed E-state index contributed by atoms with van der Waals surface area (Å²) in [5.74, 6) is 0. The van der Waals surface area contributed by atoms with Crippen molar-refractivity contribution in [3.8, 4) is 0 Å². The maximum absolute atomic E-state index is 10.7. The predicted molar refractivity (Wildman–Crippen MR) is 46.4 cm³/mol. The summed E-state index contributed by atoms with van der Waals surface area (Å²) in [7, 11) is 0.571. The lowest BCUT2D eigenvalue weighted by atomic mass is 10.4. The Labute approximate surface area is 66.7 Å². The van der Waals surface area contributed by atoms with Crippen molar-refractivity contribution in [1.82, 2.24) is 0 Å². The Kier molecular flexibility index (Phi) is 2.96. The number of hydrogen-bond acceptors (Lipinski definition) is 2. The summed E-state index contributed by atoms with van der Waals surface area (Å²) in [6.07, 6.45) is 1.68. The lowest BCUT2D eigenvalue weighted by Gasteiger charge is -1.93. The van der Waals surface area contributed by atoms with Crippen molar-refractivity contribution in [2.75, 3.05) is 6.26 Å². The average Bonchev–Trinajstić information content (AvgIpc) is 1.88. The molecule has 0 N–H and O–H groups in total. The summed E-state index contributed by atoms with van der Waals surface area (Å²) >= 11 is 0. The van der Waals surface area contributed by atoms with Crippen LogP contribution in [0.25, 0.3) is 0 Å². The fourth-order valence-electron chi connectivity index (χ4n) is 0.612. The molecular formula is C7H8OS2. The molecule has 0 aliphatic rings. The Bertz CT molecular complexity index is 220. The van der Waals surface area contributed by atoms with Gasteiger partial charge in [0.25, 0.3) is 0 Å². The predicted octanol–water partition coefficient (Wildman–Crippen LogP) is 2.07. The molecule has 0 fully saturated rings. The monoisotopic (exact) mass is 172 g/mol. The fourth-order valence-corrected chi connectivity index (χ4v) is 2.30. The van der Waals surface area contributed by atoms with Crippen LogP contribution in [0.15, 0.2) is 35.2 Å². The molecule has 10 heavy (non-hydrogen) atoms. The summed E-state index contributed by atoms with van der Waals surface area (Å²) in [6.45, 7) is 0. The number of rotatable bonds is 2. The van der Waals surface area contributed by atoms with Gasteiger partial charge < -0.3 is 0 Å². The van der Waals surface area contributed by atoms with Crippen LogP contribution in [0.4, 0.5) is 0 Å². The van der Waals surface area contributed by atoms with E-state index in [1.165, 1.54) is 10.8 Å².